The molecular weight excluding hydrogens is 370 g/mol. The first-order valence-electron chi connectivity index (χ1n) is 8.46. The molecule has 3 amide bonds. The predicted molar refractivity (Wildman–Crippen MR) is 85.9 cm³/mol. The van der Waals surface area contributed by atoms with Crippen molar-refractivity contribution in [2.75, 3.05) is 20.2 Å². The number of methoxy groups -OCH3 is 1. The van der Waals surface area contributed by atoms with Crippen molar-refractivity contribution in [1.29, 1.82) is 0 Å². The van der Waals surface area contributed by atoms with Crippen LogP contribution in [0.4, 0.5) is 22.4 Å². The first kappa shape index (κ1) is 19.4. The fourth-order valence-electron chi connectivity index (χ4n) is 3.67. The van der Waals surface area contributed by atoms with Crippen LogP contribution in [0.5, 0.6) is 5.75 Å². The van der Waals surface area contributed by atoms with Crippen molar-refractivity contribution >= 4 is 11.9 Å². The zero-order valence-electron chi connectivity index (χ0n) is 14.8. The van der Waals surface area contributed by atoms with Gasteiger partial charge in [-0.1, -0.05) is 0 Å². The molecule has 0 saturated carbocycles. The highest BCUT2D eigenvalue weighted by molar-refractivity contribution is 6.07. The molecule has 0 spiro atoms. The van der Waals surface area contributed by atoms with Crippen LogP contribution in [-0.4, -0.2) is 42.6 Å². The summed E-state index contributed by atoms with van der Waals surface area (Å²) in [5.41, 5.74) is -2.29. The highest BCUT2D eigenvalue weighted by Gasteiger charge is 2.52. The molecule has 2 heterocycles. The smallest absolute Gasteiger partial charge is 0.325 e. The third-order valence-electron chi connectivity index (χ3n) is 5.29. The minimum absolute atomic E-state index is 0.167. The Balaban J connectivity index is 1.92. The molecule has 0 radical (unpaired) electrons. The van der Waals surface area contributed by atoms with Gasteiger partial charge in [-0.2, -0.15) is 8.78 Å². The summed E-state index contributed by atoms with van der Waals surface area (Å²) >= 11 is 0. The van der Waals surface area contributed by atoms with Crippen molar-refractivity contribution in [1.82, 2.24) is 15.5 Å². The lowest BCUT2D eigenvalue weighted by atomic mass is 9.79. The molecule has 2 aliphatic rings. The molecule has 3 rings (SSSR count). The predicted octanol–water partition coefficient (Wildman–Crippen LogP) is 2.06. The average molecular weight is 389 g/mol. The maximum Gasteiger partial charge on any atom is 0.325 e. The van der Waals surface area contributed by atoms with Crippen molar-refractivity contribution in [3.8, 4) is 5.75 Å². The average Bonchev–Trinajstić information content (AvgIpc) is 2.88. The third-order valence-corrected chi connectivity index (χ3v) is 5.29. The summed E-state index contributed by atoms with van der Waals surface area (Å²) < 4.78 is 60.5. The van der Waals surface area contributed by atoms with Crippen LogP contribution in [0.3, 0.4) is 0 Å². The lowest BCUT2D eigenvalue weighted by Gasteiger charge is -2.34. The normalized spacial score (nSPS) is 23.7. The van der Waals surface area contributed by atoms with Gasteiger partial charge in [0, 0.05) is 5.56 Å². The van der Waals surface area contributed by atoms with Crippen LogP contribution in [-0.2, 0) is 11.3 Å². The SMILES string of the molecule is COc1c(F)c(F)c(CN2C(=O)N[C@@](C)(C3CCNCC3)C2=O)c(F)c1F. The van der Waals surface area contributed by atoms with Gasteiger partial charge in [-0.3, -0.25) is 9.69 Å². The summed E-state index contributed by atoms with van der Waals surface area (Å²) in [6, 6.07) is -0.864. The maximum absolute atomic E-state index is 14.2. The molecule has 2 N–H and O–H groups in total. The Labute approximate surface area is 152 Å². The van der Waals surface area contributed by atoms with E-state index in [1.165, 1.54) is 0 Å². The number of imide groups is 1. The Bertz CT molecular complexity index is 769. The molecule has 1 aromatic rings. The van der Waals surface area contributed by atoms with Gasteiger partial charge in [0.05, 0.1) is 13.7 Å². The molecule has 0 bridgehead atoms. The Morgan fingerprint density at radius 1 is 1.07 bits per heavy atom. The molecule has 148 valence electrons. The van der Waals surface area contributed by atoms with Gasteiger partial charge in [0.1, 0.15) is 5.54 Å². The molecule has 1 atom stereocenters. The monoisotopic (exact) mass is 389 g/mol. The van der Waals surface area contributed by atoms with Crippen molar-refractivity contribution in [3.63, 3.8) is 0 Å². The minimum Gasteiger partial charge on any atom is -0.491 e. The molecule has 27 heavy (non-hydrogen) atoms. The Kier molecular flexibility index (Phi) is 5.02. The summed E-state index contributed by atoms with van der Waals surface area (Å²) in [5.74, 6) is -8.91. The van der Waals surface area contributed by atoms with Gasteiger partial charge < -0.3 is 15.4 Å². The van der Waals surface area contributed by atoms with E-state index in [-0.39, 0.29) is 5.92 Å². The summed E-state index contributed by atoms with van der Waals surface area (Å²) in [4.78, 5) is 25.7. The first-order chi connectivity index (χ1) is 12.7. The molecular formula is C17H19F4N3O3. The van der Waals surface area contributed by atoms with Crippen LogP contribution in [0.2, 0.25) is 0 Å². The standard InChI is InChI=1S/C17H19F4N3O3/c1-17(8-3-5-22-6-4-8)15(25)24(16(26)23-17)7-9-10(18)12(20)14(27-2)13(21)11(9)19/h8,22H,3-7H2,1-2H3,(H,23,26)/t17-/m0/s1. The number of urea groups is 1. The van der Waals surface area contributed by atoms with E-state index >= 15 is 0 Å². The van der Waals surface area contributed by atoms with Gasteiger partial charge in [0.2, 0.25) is 11.6 Å². The Hall–Kier alpha value is -2.36. The van der Waals surface area contributed by atoms with Gasteiger partial charge in [-0.05, 0) is 38.8 Å². The Morgan fingerprint density at radius 2 is 1.63 bits per heavy atom. The fourth-order valence-corrected chi connectivity index (χ4v) is 3.67. The van der Waals surface area contributed by atoms with E-state index in [0.29, 0.717) is 30.8 Å². The highest BCUT2D eigenvalue weighted by Crippen LogP contribution is 2.35. The number of amides is 3. The molecule has 0 aliphatic carbocycles. The zero-order chi connectivity index (χ0) is 19.9. The molecule has 0 aromatic heterocycles. The lowest BCUT2D eigenvalue weighted by Crippen LogP contribution is -2.53. The lowest BCUT2D eigenvalue weighted by molar-refractivity contribution is -0.133. The van der Waals surface area contributed by atoms with Gasteiger partial charge in [-0.15, -0.1) is 0 Å². The number of nitrogens with one attached hydrogen (secondary N) is 2. The summed E-state index contributed by atoms with van der Waals surface area (Å²) in [6.07, 6.45) is 1.26. The van der Waals surface area contributed by atoms with Gasteiger partial charge in [0.15, 0.2) is 17.4 Å². The van der Waals surface area contributed by atoms with Crippen molar-refractivity contribution in [2.45, 2.75) is 31.8 Å². The van der Waals surface area contributed by atoms with E-state index in [2.05, 4.69) is 15.4 Å². The molecule has 0 unspecified atom stereocenters. The van der Waals surface area contributed by atoms with E-state index in [9.17, 15) is 27.2 Å². The van der Waals surface area contributed by atoms with Crippen LogP contribution >= 0.6 is 0 Å². The van der Waals surface area contributed by atoms with Crippen LogP contribution in [0.15, 0.2) is 0 Å². The number of carbonyl (C=O) groups is 2. The number of piperidine rings is 1. The number of ether oxygens (including phenoxy) is 1. The Morgan fingerprint density at radius 3 is 2.15 bits per heavy atom. The number of hydrogen-bond acceptors (Lipinski definition) is 4. The highest BCUT2D eigenvalue weighted by atomic mass is 19.2. The number of hydrogen-bond donors (Lipinski definition) is 2. The molecule has 10 heteroatoms. The van der Waals surface area contributed by atoms with E-state index in [0.717, 1.165) is 7.11 Å². The summed E-state index contributed by atoms with van der Waals surface area (Å²) in [6.45, 7) is 1.95. The molecule has 2 fully saturated rings. The summed E-state index contributed by atoms with van der Waals surface area (Å²) in [5, 5.41) is 5.70. The first-order valence-corrected chi connectivity index (χ1v) is 8.46. The number of rotatable bonds is 4. The quantitative estimate of drug-likeness (QED) is 0.470. The van der Waals surface area contributed by atoms with Gasteiger partial charge >= 0.3 is 6.03 Å². The second-order valence-electron chi connectivity index (χ2n) is 6.82. The van der Waals surface area contributed by atoms with Crippen molar-refractivity contribution in [3.05, 3.63) is 28.8 Å². The van der Waals surface area contributed by atoms with Crippen LogP contribution < -0.4 is 15.4 Å². The topological polar surface area (TPSA) is 70.7 Å². The largest absolute Gasteiger partial charge is 0.491 e. The van der Waals surface area contributed by atoms with E-state index < -0.39 is 58.6 Å². The number of carbonyl (C=O) groups excluding carboxylic acids is 2. The van der Waals surface area contributed by atoms with E-state index in [4.69, 9.17) is 0 Å². The number of halogens is 4. The van der Waals surface area contributed by atoms with Crippen LogP contribution in [0.25, 0.3) is 0 Å². The van der Waals surface area contributed by atoms with Crippen molar-refractivity contribution < 1.29 is 31.9 Å². The van der Waals surface area contributed by atoms with E-state index in [1.807, 2.05) is 0 Å². The molecule has 6 nitrogen and oxygen atoms in total. The number of benzene rings is 1. The second-order valence-corrected chi connectivity index (χ2v) is 6.82. The zero-order valence-corrected chi connectivity index (χ0v) is 14.8. The van der Waals surface area contributed by atoms with E-state index in [1.54, 1.807) is 6.92 Å². The maximum atomic E-state index is 14.2. The van der Waals surface area contributed by atoms with Crippen molar-refractivity contribution in [2.24, 2.45) is 5.92 Å². The number of nitrogens with zero attached hydrogens (tertiary/aromatic N) is 1. The minimum atomic E-state index is -1.72. The molecule has 2 saturated heterocycles. The summed E-state index contributed by atoms with van der Waals surface area (Å²) in [7, 11) is 0.863. The van der Waals surface area contributed by atoms with Gasteiger partial charge in [-0.25, -0.2) is 13.6 Å². The molecule has 2 aliphatic heterocycles. The third kappa shape index (κ3) is 3.01. The fraction of sp³-hybridized carbons (Fsp3) is 0.529. The van der Waals surface area contributed by atoms with Gasteiger partial charge in [0.25, 0.3) is 5.91 Å². The second kappa shape index (κ2) is 6.99. The van der Waals surface area contributed by atoms with Crippen LogP contribution in [0.1, 0.15) is 25.3 Å². The molecule has 1 aromatic carbocycles. The van der Waals surface area contributed by atoms with Crippen LogP contribution in [0, 0.1) is 29.2 Å².